The second-order valence-electron chi connectivity index (χ2n) is 7.49. The van der Waals surface area contributed by atoms with Crippen molar-refractivity contribution in [2.45, 2.75) is 38.6 Å². The second kappa shape index (κ2) is 9.31. The number of fused-ring (bicyclic) bond motifs is 1. The number of imidazole rings is 1. The molecule has 0 bridgehead atoms. The van der Waals surface area contributed by atoms with Gasteiger partial charge < -0.3 is 14.6 Å². The highest BCUT2D eigenvalue weighted by atomic mass is 35.5. The maximum atomic E-state index is 11.8. The molecule has 1 fully saturated rings. The topological polar surface area (TPSA) is 56.2 Å². The van der Waals surface area contributed by atoms with Crippen molar-refractivity contribution in [3.05, 3.63) is 59.4 Å². The third-order valence-electron chi connectivity index (χ3n) is 5.17. The van der Waals surface area contributed by atoms with E-state index in [0.29, 0.717) is 18.2 Å². The second-order valence-corrected chi connectivity index (χ2v) is 7.93. The molecule has 3 aromatic rings. The van der Waals surface area contributed by atoms with E-state index < -0.39 is 0 Å². The Labute approximate surface area is 176 Å². The molecule has 0 spiro atoms. The summed E-state index contributed by atoms with van der Waals surface area (Å²) in [6, 6.07) is 15.7. The van der Waals surface area contributed by atoms with Gasteiger partial charge in [0, 0.05) is 30.5 Å². The van der Waals surface area contributed by atoms with Gasteiger partial charge in [-0.15, -0.1) is 0 Å². The van der Waals surface area contributed by atoms with Crippen molar-refractivity contribution in [3.63, 3.8) is 0 Å². The molecule has 1 amide bonds. The molecule has 2 aromatic carbocycles. The highest BCUT2D eigenvalue weighted by Crippen LogP contribution is 2.28. The molecule has 29 heavy (non-hydrogen) atoms. The highest BCUT2D eigenvalue weighted by molar-refractivity contribution is 6.30. The molecule has 1 N–H and O–H groups in total. The lowest BCUT2D eigenvalue weighted by atomic mass is 10.2. The fourth-order valence-corrected chi connectivity index (χ4v) is 3.58. The predicted molar refractivity (Wildman–Crippen MR) is 115 cm³/mol. The molecule has 0 radical (unpaired) electrons. The quantitative estimate of drug-likeness (QED) is 0.495. The van der Waals surface area contributed by atoms with Crippen molar-refractivity contribution in [2.24, 2.45) is 5.92 Å². The lowest BCUT2D eigenvalue weighted by molar-refractivity contribution is -0.122. The van der Waals surface area contributed by atoms with Crippen LogP contribution in [-0.4, -0.2) is 28.6 Å². The maximum Gasteiger partial charge on any atom is 0.223 e. The van der Waals surface area contributed by atoms with E-state index in [-0.39, 0.29) is 11.8 Å². The van der Waals surface area contributed by atoms with Crippen molar-refractivity contribution in [2.75, 3.05) is 13.2 Å². The van der Waals surface area contributed by atoms with Crippen LogP contribution in [-0.2, 0) is 17.8 Å². The Morgan fingerprint density at radius 2 is 1.93 bits per heavy atom. The first kappa shape index (κ1) is 19.8. The van der Waals surface area contributed by atoms with Crippen LogP contribution < -0.4 is 10.1 Å². The van der Waals surface area contributed by atoms with Crippen LogP contribution >= 0.6 is 11.6 Å². The van der Waals surface area contributed by atoms with Gasteiger partial charge >= 0.3 is 0 Å². The summed E-state index contributed by atoms with van der Waals surface area (Å²) >= 11 is 5.91. The Balaban J connectivity index is 1.32. The number of rotatable bonds is 10. The van der Waals surface area contributed by atoms with E-state index in [9.17, 15) is 4.79 Å². The largest absolute Gasteiger partial charge is 0.494 e. The van der Waals surface area contributed by atoms with Crippen molar-refractivity contribution in [1.82, 2.24) is 14.9 Å². The van der Waals surface area contributed by atoms with Crippen LogP contribution in [0, 0.1) is 5.92 Å². The molecule has 6 heteroatoms. The van der Waals surface area contributed by atoms with E-state index in [1.165, 1.54) is 0 Å². The number of hydrogen-bond donors (Lipinski definition) is 1. The number of aryl methyl sites for hydroxylation is 2. The van der Waals surface area contributed by atoms with E-state index in [1.807, 2.05) is 36.4 Å². The number of nitrogens with zero attached hydrogens (tertiary/aromatic N) is 2. The van der Waals surface area contributed by atoms with Gasteiger partial charge in [-0.2, -0.15) is 0 Å². The SMILES string of the molecule is O=C(NCCCc1nc2ccccc2n1CCCOc1ccc(Cl)cc1)C1CC1. The molecule has 1 aliphatic rings. The van der Waals surface area contributed by atoms with Crippen molar-refractivity contribution in [1.29, 1.82) is 0 Å². The predicted octanol–water partition coefficient (Wildman–Crippen LogP) is 4.62. The van der Waals surface area contributed by atoms with E-state index >= 15 is 0 Å². The molecule has 152 valence electrons. The fraction of sp³-hybridized carbons (Fsp3) is 0.391. The van der Waals surface area contributed by atoms with Gasteiger partial charge in [-0.3, -0.25) is 4.79 Å². The number of benzene rings is 2. The van der Waals surface area contributed by atoms with Crippen LogP contribution in [0.15, 0.2) is 48.5 Å². The smallest absolute Gasteiger partial charge is 0.223 e. The zero-order chi connectivity index (χ0) is 20.1. The zero-order valence-electron chi connectivity index (χ0n) is 16.4. The molecule has 0 atom stereocenters. The van der Waals surface area contributed by atoms with Gasteiger partial charge in [-0.25, -0.2) is 4.98 Å². The number of aromatic nitrogens is 2. The van der Waals surface area contributed by atoms with Gasteiger partial charge in [0.05, 0.1) is 17.6 Å². The summed E-state index contributed by atoms with van der Waals surface area (Å²) < 4.78 is 8.11. The van der Waals surface area contributed by atoms with E-state index in [2.05, 4.69) is 22.0 Å². The Morgan fingerprint density at radius 3 is 2.72 bits per heavy atom. The van der Waals surface area contributed by atoms with Crippen LogP contribution in [0.1, 0.15) is 31.5 Å². The summed E-state index contributed by atoms with van der Waals surface area (Å²) in [7, 11) is 0. The maximum absolute atomic E-state index is 11.8. The van der Waals surface area contributed by atoms with Gasteiger partial charge in [0.2, 0.25) is 5.91 Å². The molecule has 0 saturated heterocycles. The molecule has 1 aliphatic carbocycles. The van der Waals surface area contributed by atoms with Crippen molar-refractivity contribution in [3.8, 4) is 5.75 Å². The Kier molecular flexibility index (Phi) is 6.35. The number of carbonyl (C=O) groups is 1. The van der Waals surface area contributed by atoms with Crippen molar-refractivity contribution < 1.29 is 9.53 Å². The van der Waals surface area contributed by atoms with Gasteiger partial charge in [0.25, 0.3) is 0 Å². The normalized spacial score (nSPS) is 13.6. The molecule has 1 heterocycles. The number of hydrogen-bond acceptors (Lipinski definition) is 3. The Bertz CT molecular complexity index is 964. The summed E-state index contributed by atoms with van der Waals surface area (Å²) in [5, 5.41) is 3.75. The summed E-state index contributed by atoms with van der Waals surface area (Å²) in [6.07, 6.45) is 4.70. The average Bonchev–Trinajstić information content (AvgIpc) is 3.53. The summed E-state index contributed by atoms with van der Waals surface area (Å²) in [4.78, 5) is 16.6. The summed E-state index contributed by atoms with van der Waals surface area (Å²) in [6.45, 7) is 2.18. The third-order valence-corrected chi connectivity index (χ3v) is 5.42. The number of carbonyl (C=O) groups excluding carboxylic acids is 1. The van der Waals surface area contributed by atoms with E-state index in [4.69, 9.17) is 21.3 Å². The molecule has 1 aromatic heterocycles. The Hall–Kier alpha value is -2.53. The van der Waals surface area contributed by atoms with E-state index in [1.54, 1.807) is 0 Å². The first-order valence-electron chi connectivity index (χ1n) is 10.3. The van der Waals surface area contributed by atoms with Crippen LogP contribution in [0.3, 0.4) is 0 Å². The molecule has 0 unspecified atom stereocenters. The first-order valence-corrected chi connectivity index (χ1v) is 10.7. The Morgan fingerprint density at radius 1 is 1.14 bits per heavy atom. The monoisotopic (exact) mass is 411 g/mol. The standard InChI is InChI=1S/C23H26ClN3O2/c24-18-10-12-19(13-11-18)29-16-4-15-27-21-6-2-1-5-20(21)26-22(27)7-3-14-25-23(28)17-8-9-17/h1-2,5-6,10-13,17H,3-4,7-9,14-16H2,(H,25,28). The zero-order valence-corrected chi connectivity index (χ0v) is 17.2. The molecule has 4 rings (SSSR count). The van der Waals surface area contributed by atoms with Gasteiger partial charge in [-0.05, 0) is 62.1 Å². The molecule has 1 saturated carbocycles. The van der Waals surface area contributed by atoms with Gasteiger partial charge in [0.15, 0.2) is 0 Å². The lowest BCUT2D eigenvalue weighted by Crippen LogP contribution is -2.26. The van der Waals surface area contributed by atoms with Crippen LogP contribution in [0.5, 0.6) is 5.75 Å². The highest BCUT2D eigenvalue weighted by Gasteiger charge is 2.29. The summed E-state index contributed by atoms with van der Waals surface area (Å²) in [5.41, 5.74) is 2.17. The minimum Gasteiger partial charge on any atom is -0.494 e. The van der Waals surface area contributed by atoms with Crippen molar-refractivity contribution >= 4 is 28.5 Å². The van der Waals surface area contributed by atoms with Crippen LogP contribution in [0.2, 0.25) is 5.02 Å². The number of nitrogens with one attached hydrogen (secondary N) is 1. The molecular weight excluding hydrogens is 386 g/mol. The van der Waals surface area contributed by atoms with Gasteiger partial charge in [0.1, 0.15) is 11.6 Å². The minimum atomic E-state index is 0.206. The number of ether oxygens (including phenoxy) is 1. The van der Waals surface area contributed by atoms with Crippen LogP contribution in [0.25, 0.3) is 11.0 Å². The van der Waals surface area contributed by atoms with Crippen LogP contribution in [0.4, 0.5) is 0 Å². The fourth-order valence-electron chi connectivity index (χ4n) is 3.46. The number of halogens is 1. The number of amides is 1. The average molecular weight is 412 g/mol. The minimum absolute atomic E-state index is 0.206. The molecule has 5 nitrogen and oxygen atoms in total. The third kappa shape index (κ3) is 5.30. The molecule has 0 aliphatic heterocycles. The van der Waals surface area contributed by atoms with E-state index in [0.717, 1.165) is 61.3 Å². The lowest BCUT2D eigenvalue weighted by Gasteiger charge is -2.11. The number of para-hydroxylation sites is 2. The first-order chi connectivity index (χ1) is 14.2. The summed E-state index contributed by atoms with van der Waals surface area (Å²) in [5.74, 6) is 2.37. The van der Waals surface area contributed by atoms with Gasteiger partial charge in [-0.1, -0.05) is 23.7 Å². The molecular formula is C23H26ClN3O2.